The van der Waals surface area contributed by atoms with Crippen LogP contribution in [-0.2, 0) is 4.79 Å². The predicted octanol–water partition coefficient (Wildman–Crippen LogP) is 2.62. The quantitative estimate of drug-likeness (QED) is 0.801. The standard InChI is InChI=1S/C13H11ClN2O/c14-10-3-1-2-8(6-10)7-11-13(17)16-12(15-11)9-4-5-9/h1-3,6-7,9H,4-5H2,(H,15,16,17)/b11-7+. The highest BCUT2D eigenvalue weighted by Gasteiger charge is 2.33. The number of aliphatic imine (C=N–C) groups is 1. The summed E-state index contributed by atoms with van der Waals surface area (Å²) in [5.41, 5.74) is 1.36. The topological polar surface area (TPSA) is 41.5 Å². The van der Waals surface area contributed by atoms with Crippen LogP contribution in [0.1, 0.15) is 18.4 Å². The van der Waals surface area contributed by atoms with Gasteiger partial charge in [0.05, 0.1) is 0 Å². The first-order valence-electron chi connectivity index (χ1n) is 5.59. The number of nitrogens with one attached hydrogen (secondary N) is 1. The van der Waals surface area contributed by atoms with Crippen LogP contribution in [0, 0.1) is 5.92 Å². The van der Waals surface area contributed by atoms with Gasteiger partial charge in [-0.25, -0.2) is 4.99 Å². The smallest absolute Gasteiger partial charge is 0.275 e. The average molecular weight is 247 g/mol. The van der Waals surface area contributed by atoms with Crippen molar-refractivity contribution in [1.29, 1.82) is 0 Å². The van der Waals surface area contributed by atoms with Crippen molar-refractivity contribution in [1.82, 2.24) is 5.32 Å². The summed E-state index contributed by atoms with van der Waals surface area (Å²) >= 11 is 5.89. The van der Waals surface area contributed by atoms with Crippen LogP contribution in [0.3, 0.4) is 0 Å². The molecule has 0 aromatic heterocycles. The molecule has 0 saturated heterocycles. The monoisotopic (exact) mass is 246 g/mol. The Bertz CT molecular complexity index is 544. The fourth-order valence-corrected chi connectivity index (χ4v) is 1.99. The molecule has 4 heteroatoms. The van der Waals surface area contributed by atoms with Gasteiger partial charge in [-0.2, -0.15) is 0 Å². The number of halogens is 1. The number of carbonyl (C=O) groups excluding carboxylic acids is 1. The average Bonchev–Trinajstić information content (AvgIpc) is 3.06. The molecule has 3 nitrogen and oxygen atoms in total. The maximum atomic E-state index is 11.7. The van der Waals surface area contributed by atoms with Crippen LogP contribution in [0.5, 0.6) is 0 Å². The van der Waals surface area contributed by atoms with Gasteiger partial charge < -0.3 is 5.32 Å². The zero-order chi connectivity index (χ0) is 11.8. The van der Waals surface area contributed by atoms with E-state index in [2.05, 4.69) is 10.3 Å². The summed E-state index contributed by atoms with van der Waals surface area (Å²) < 4.78 is 0. The van der Waals surface area contributed by atoms with E-state index < -0.39 is 0 Å². The number of amides is 1. The highest BCUT2D eigenvalue weighted by atomic mass is 35.5. The number of hydrogen-bond acceptors (Lipinski definition) is 2. The van der Waals surface area contributed by atoms with Crippen molar-refractivity contribution in [2.24, 2.45) is 10.9 Å². The minimum absolute atomic E-state index is 0.119. The molecule has 2 aliphatic rings. The lowest BCUT2D eigenvalue weighted by molar-refractivity contribution is -0.115. The van der Waals surface area contributed by atoms with Crippen molar-refractivity contribution in [3.8, 4) is 0 Å². The van der Waals surface area contributed by atoms with Gasteiger partial charge in [0.1, 0.15) is 11.5 Å². The van der Waals surface area contributed by atoms with Crippen LogP contribution in [0.25, 0.3) is 6.08 Å². The van der Waals surface area contributed by atoms with Crippen LogP contribution in [-0.4, -0.2) is 11.7 Å². The van der Waals surface area contributed by atoms with E-state index in [0.29, 0.717) is 16.6 Å². The highest BCUT2D eigenvalue weighted by molar-refractivity contribution is 6.30. The summed E-state index contributed by atoms with van der Waals surface area (Å²) in [6, 6.07) is 7.37. The van der Waals surface area contributed by atoms with Crippen LogP contribution in [0.15, 0.2) is 35.0 Å². The Morgan fingerprint density at radius 1 is 1.41 bits per heavy atom. The Morgan fingerprint density at radius 2 is 2.24 bits per heavy atom. The summed E-state index contributed by atoms with van der Waals surface area (Å²) in [6.45, 7) is 0. The first kappa shape index (κ1) is 10.5. The Kier molecular flexibility index (Phi) is 2.48. The second-order valence-corrected chi connectivity index (χ2v) is 4.75. The molecule has 0 atom stereocenters. The first-order valence-corrected chi connectivity index (χ1v) is 5.97. The number of amidine groups is 1. The van der Waals surface area contributed by atoms with E-state index in [9.17, 15) is 4.79 Å². The predicted molar refractivity (Wildman–Crippen MR) is 67.7 cm³/mol. The number of benzene rings is 1. The molecule has 1 amide bonds. The molecular formula is C13H11ClN2O. The van der Waals surface area contributed by atoms with Crippen LogP contribution in [0.2, 0.25) is 5.02 Å². The molecule has 1 N–H and O–H groups in total. The van der Waals surface area contributed by atoms with Gasteiger partial charge in [0.2, 0.25) is 0 Å². The van der Waals surface area contributed by atoms with Crippen LogP contribution < -0.4 is 5.32 Å². The van der Waals surface area contributed by atoms with Crippen LogP contribution >= 0.6 is 11.6 Å². The fourth-order valence-electron chi connectivity index (χ4n) is 1.79. The maximum absolute atomic E-state index is 11.7. The minimum atomic E-state index is -0.119. The van der Waals surface area contributed by atoms with Crippen LogP contribution in [0.4, 0.5) is 0 Å². The molecule has 17 heavy (non-hydrogen) atoms. The molecule has 86 valence electrons. The number of rotatable bonds is 2. The molecule has 1 fully saturated rings. The SMILES string of the molecule is O=C1NC(C2CC2)=N/C1=C/c1cccc(Cl)c1. The van der Waals surface area contributed by atoms with E-state index in [1.807, 2.05) is 18.2 Å². The van der Waals surface area contributed by atoms with E-state index in [-0.39, 0.29) is 5.91 Å². The number of nitrogens with zero attached hydrogens (tertiary/aromatic N) is 1. The minimum Gasteiger partial charge on any atom is -0.308 e. The Morgan fingerprint density at radius 3 is 2.94 bits per heavy atom. The summed E-state index contributed by atoms with van der Waals surface area (Å²) in [5.74, 6) is 1.17. The summed E-state index contributed by atoms with van der Waals surface area (Å²) in [6.07, 6.45) is 4.02. The third kappa shape index (κ3) is 2.24. The lowest BCUT2D eigenvalue weighted by Crippen LogP contribution is -2.25. The van der Waals surface area contributed by atoms with Gasteiger partial charge in [0, 0.05) is 10.9 Å². The lowest BCUT2D eigenvalue weighted by atomic mass is 10.2. The Balaban J connectivity index is 1.90. The Hall–Kier alpha value is -1.61. The van der Waals surface area contributed by atoms with Gasteiger partial charge >= 0.3 is 0 Å². The third-order valence-corrected chi connectivity index (χ3v) is 3.07. The van der Waals surface area contributed by atoms with Crippen molar-refractivity contribution in [2.75, 3.05) is 0 Å². The molecule has 1 heterocycles. The number of carbonyl (C=O) groups is 1. The van der Waals surface area contributed by atoms with Crippen molar-refractivity contribution >= 4 is 29.4 Å². The molecule has 1 aliphatic carbocycles. The van der Waals surface area contributed by atoms with Crippen molar-refractivity contribution in [3.05, 3.63) is 40.5 Å². The van der Waals surface area contributed by atoms with E-state index >= 15 is 0 Å². The maximum Gasteiger partial charge on any atom is 0.275 e. The van der Waals surface area contributed by atoms with Gasteiger partial charge in [-0.05, 0) is 36.6 Å². The second-order valence-electron chi connectivity index (χ2n) is 4.31. The molecule has 0 radical (unpaired) electrons. The largest absolute Gasteiger partial charge is 0.308 e. The lowest BCUT2D eigenvalue weighted by Gasteiger charge is -1.95. The fraction of sp³-hybridized carbons (Fsp3) is 0.231. The molecule has 1 aromatic carbocycles. The molecule has 0 unspecified atom stereocenters. The third-order valence-electron chi connectivity index (χ3n) is 2.83. The Labute approximate surface area is 104 Å². The normalized spacial score (nSPS) is 21.6. The van der Waals surface area contributed by atoms with Gasteiger partial charge in [0.15, 0.2) is 0 Å². The summed E-state index contributed by atoms with van der Waals surface area (Å²) in [4.78, 5) is 16.0. The molecule has 1 aromatic rings. The summed E-state index contributed by atoms with van der Waals surface area (Å²) in [5, 5.41) is 3.47. The highest BCUT2D eigenvalue weighted by Crippen LogP contribution is 2.32. The van der Waals surface area contributed by atoms with Crippen molar-refractivity contribution in [3.63, 3.8) is 0 Å². The van der Waals surface area contributed by atoms with E-state index in [4.69, 9.17) is 11.6 Å². The van der Waals surface area contributed by atoms with Gasteiger partial charge in [-0.3, -0.25) is 4.79 Å². The van der Waals surface area contributed by atoms with Crippen molar-refractivity contribution in [2.45, 2.75) is 12.8 Å². The zero-order valence-corrected chi connectivity index (χ0v) is 9.87. The number of hydrogen-bond donors (Lipinski definition) is 1. The van der Waals surface area contributed by atoms with Gasteiger partial charge in [-0.15, -0.1) is 0 Å². The molecule has 0 bridgehead atoms. The zero-order valence-electron chi connectivity index (χ0n) is 9.11. The molecule has 3 rings (SSSR count). The second kappa shape index (κ2) is 4.00. The van der Waals surface area contributed by atoms with Crippen molar-refractivity contribution < 1.29 is 4.79 Å². The molecular weight excluding hydrogens is 236 g/mol. The molecule has 0 spiro atoms. The van der Waals surface area contributed by atoms with Gasteiger partial charge in [-0.1, -0.05) is 23.7 Å². The van der Waals surface area contributed by atoms with Gasteiger partial charge in [0.25, 0.3) is 5.91 Å². The van der Waals surface area contributed by atoms with E-state index in [1.54, 1.807) is 12.1 Å². The van der Waals surface area contributed by atoms with E-state index in [1.165, 1.54) is 0 Å². The molecule has 1 aliphatic heterocycles. The van der Waals surface area contributed by atoms with E-state index in [0.717, 1.165) is 24.2 Å². The summed E-state index contributed by atoms with van der Waals surface area (Å²) in [7, 11) is 0. The molecule has 1 saturated carbocycles. The first-order chi connectivity index (χ1) is 8.22.